The van der Waals surface area contributed by atoms with Gasteiger partial charge in [0.25, 0.3) is 0 Å². The molecule has 2 aliphatic rings. The maximum atomic E-state index is 3.58. The first-order chi connectivity index (χ1) is 7.95. The number of rotatable bonds is 1. The molecule has 2 fully saturated rings. The van der Waals surface area contributed by atoms with Crippen molar-refractivity contribution in [2.75, 3.05) is 19.6 Å². The van der Waals surface area contributed by atoms with Gasteiger partial charge in [-0.05, 0) is 37.9 Å². The Hall–Kier alpha value is -0.860. The highest BCUT2D eigenvalue weighted by molar-refractivity contribution is 5.20. The van der Waals surface area contributed by atoms with Crippen LogP contribution in [0.5, 0.6) is 0 Å². The lowest BCUT2D eigenvalue weighted by atomic mass is 10.0. The van der Waals surface area contributed by atoms with Crippen molar-refractivity contribution >= 4 is 0 Å². The number of nitrogens with zero attached hydrogens (tertiary/aromatic N) is 1. The van der Waals surface area contributed by atoms with Gasteiger partial charge >= 0.3 is 0 Å². The van der Waals surface area contributed by atoms with Crippen LogP contribution >= 0.6 is 0 Å². The van der Waals surface area contributed by atoms with E-state index in [2.05, 4.69) is 40.5 Å². The smallest absolute Gasteiger partial charge is 0.0363 e. The van der Waals surface area contributed by atoms with E-state index in [1.54, 1.807) is 0 Å². The molecular weight excluding hydrogens is 196 g/mol. The Bertz CT molecular complexity index is 336. The quantitative estimate of drug-likeness (QED) is 0.774. The van der Waals surface area contributed by atoms with E-state index in [1.165, 1.54) is 37.9 Å². The van der Waals surface area contributed by atoms with Crippen LogP contribution in [0.4, 0.5) is 0 Å². The summed E-state index contributed by atoms with van der Waals surface area (Å²) in [5, 5.41) is 3.58. The number of hydrogen-bond donors (Lipinski definition) is 1. The molecule has 2 heterocycles. The van der Waals surface area contributed by atoms with Crippen molar-refractivity contribution in [3.8, 4) is 0 Å². The molecule has 2 aliphatic heterocycles. The van der Waals surface area contributed by atoms with E-state index < -0.39 is 0 Å². The fourth-order valence-electron chi connectivity index (χ4n) is 3.19. The van der Waals surface area contributed by atoms with Crippen molar-refractivity contribution in [1.82, 2.24) is 10.2 Å². The summed E-state index contributed by atoms with van der Waals surface area (Å²) in [7, 11) is 0. The van der Waals surface area contributed by atoms with Gasteiger partial charge in [0.2, 0.25) is 0 Å². The largest absolute Gasteiger partial charge is 0.315 e. The molecule has 0 spiro atoms. The monoisotopic (exact) mass is 216 g/mol. The first-order valence-corrected chi connectivity index (χ1v) is 6.46. The molecule has 1 aromatic carbocycles. The van der Waals surface area contributed by atoms with E-state index in [9.17, 15) is 0 Å². The normalized spacial score (nSPS) is 31.0. The lowest BCUT2D eigenvalue weighted by molar-refractivity contribution is 0.191. The van der Waals surface area contributed by atoms with E-state index in [0.29, 0.717) is 6.04 Å². The standard InChI is InChI=1S/C14H20N2/c1-2-5-12(6-3-1)14-8-9-15-11-13-7-4-10-16(13)14/h1-3,5-6,13-15H,4,7-11H2. The van der Waals surface area contributed by atoms with E-state index in [4.69, 9.17) is 0 Å². The Morgan fingerprint density at radius 3 is 2.88 bits per heavy atom. The molecule has 0 aromatic heterocycles. The zero-order valence-electron chi connectivity index (χ0n) is 9.73. The van der Waals surface area contributed by atoms with Crippen LogP contribution in [0, 0.1) is 0 Å². The minimum Gasteiger partial charge on any atom is -0.315 e. The van der Waals surface area contributed by atoms with Crippen LogP contribution in [-0.2, 0) is 0 Å². The summed E-state index contributed by atoms with van der Waals surface area (Å²) >= 11 is 0. The van der Waals surface area contributed by atoms with Crippen LogP contribution in [0.2, 0.25) is 0 Å². The molecule has 1 N–H and O–H groups in total. The second kappa shape index (κ2) is 4.56. The predicted octanol–water partition coefficient (Wildman–Crippen LogP) is 2.19. The zero-order valence-corrected chi connectivity index (χ0v) is 9.73. The van der Waals surface area contributed by atoms with Gasteiger partial charge in [-0.15, -0.1) is 0 Å². The van der Waals surface area contributed by atoms with Crippen LogP contribution < -0.4 is 5.32 Å². The van der Waals surface area contributed by atoms with E-state index >= 15 is 0 Å². The average molecular weight is 216 g/mol. The maximum absolute atomic E-state index is 3.58. The zero-order chi connectivity index (χ0) is 10.8. The van der Waals surface area contributed by atoms with Gasteiger partial charge in [0.05, 0.1) is 0 Å². The van der Waals surface area contributed by atoms with Crippen LogP contribution in [0.3, 0.4) is 0 Å². The minimum atomic E-state index is 0.642. The summed E-state index contributed by atoms with van der Waals surface area (Å²) < 4.78 is 0. The number of benzene rings is 1. The van der Waals surface area contributed by atoms with Gasteiger partial charge in [0.15, 0.2) is 0 Å². The van der Waals surface area contributed by atoms with Gasteiger partial charge in [-0.3, -0.25) is 4.90 Å². The molecule has 86 valence electrons. The molecule has 2 atom stereocenters. The molecular formula is C14H20N2. The van der Waals surface area contributed by atoms with Gasteiger partial charge < -0.3 is 5.32 Å². The Balaban J connectivity index is 1.87. The summed E-state index contributed by atoms with van der Waals surface area (Å²) in [6.45, 7) is 3.63. The molecule has 1 aromatic rings. The molecule has 2 nitrogen and oxygen atoms in total. The Kier molecular flexibility index (Phi) is 2.94. The molecule has 0 radical (unpaired) electrons. The van der Waals surface area contributed by atoms with Crippen molar-refractivity contribution in [2.45, 2.75) is 31.3 Å². The first kappa shape index (κ1) is 10.3. The minimum absolute atomic E-state index is 0.642. The molecule has 0 amide bonds. The fourth-order valence-corrected chi connectivity index (χ4v) is 3.19. The highest BCUT2D eigenvalue weighted by Crippen LogP contribution is 2.32. The topological polar surface area (TPSA) is 15.3 Å². The summed E-state index contributed by atoms with van der Waals surface area (Å²) in [5.41, 5.74) is 1.50. The summed E-state index contributed by atoms with van der Waals surface area (Å²) in [6, 6.07) is 12.4. The summed E-state index contributed by atoms with van der Waals surface area (Å²) in [4.78, 5) is 2.72. The van der Waals surface area contributed by atoms with Crippen LogP contribution in [-0.4, -0.2) is 30.6 Å². The fraction of sp³-hybridized carbons (Fsp3) is 0.571. The number of hydrogen-bond acceptors (Lipinski definition) is 2. The molecule has 2 saturated heterocycles. The first-order valence-electron chi connectivity index (χ1n) is 6.46. The molecule has 2 unspecified atom stereocenters. The highest BCUT2D eigenvalue weighted by Gasteiger charge is 2.32. The second-order valence-corrected chi connectivity index (χ2v) is 4.95. The average Bonchev–Trinajstić information content (AvgIpc) is 2.70. The molecule has 0 bridgehead atoms. The summed E-state index contributed by atoms with van der Waals surface area (Å²) in [5.74, 6) is 0. The van der Waals surface area contributed by atoms with Gasteiger partial charge in [-0.25, -0.2) is 0 Å². The third-order valence-electron chi connectivity index (χ3n) is 3.98. The van der Waals surface area contributed by atoms with E-state index in [-0.39, 0.29) is 0 Å². The Labute approximate surface area is 97.6 Å². The van der Waals surface area contributed by atoms with Crippen LogP contribution in [0.1, 0.15) is 30.9 Å². The number of fused-ring (bicyclic) bond motifs is 1. The number of nitrogens with one attached hydrogen (secondary N) is 1. The molecule has 3 rings (SSSR count). The van der Waals surface area contributed by atoms with Crippen molar-refractivity contribution in [3.05, 3.63) is 35.9 Å². The van der Waals surface area contributed by atoms with Crippen molar-refractivity contribution in [3.63, 3.8) is 0 Å². The van der Waals surface area contributed by atoms with Gasteiger partial charge in [0.1, 0.15) is 0 Å². The van der Waals surface area contributed by atoms with E-state index in [1.807, 2.05) is 0 Å². The lowest BCUT2D eigenvalue weighted by Crippen LogP contribution is -2.35. The Morgan fingerprint density at radius 2 is 2.00 bits per heavy atom. The van der Waals surface area contributed by atoms with Gasteiger partial charge in [0, 0.05) is 18.6 Å². The molecule has 2 heteroatoms. The van der Waals surface area contributed by atoms with Crippen LogP contribution in [0.15, 0.2) is 30.3 Å². The third kappa shape index (κ3) is 1.87. The van der Waals surface area contributed by atoms with Crippen molar-refractivity contribution in [2.24, 2.45) is 0 Å². The third-order valence-corrected chi connectivity index (χ3v) is 3.98. The lowest BCUT2D eigenvalue weighted by Gasteiger charge is -2.30. The van der Waals surface area contributed by atoms with Gasteiger partial charge in [-0.1, -0.05) is 30.3 Å². The van der Waals surface area contributed by atoms with Crippen molar-refractivity contribution in [1.29, 1.82) is 0 Å². The van der Waals surface area contributed by atoms with Crippen LogP contribution in [0.25, 0.3) is 0 Å². The molecule has 16 heavy (non-hydrogen) atoms. The maximum Gasteiger partial charge on any atom is 0.0363 e. The van der Waals surface area contributed by atoms with Crippen molar-refractivity contribution < 1.29 is 0 Å². The predicted molar refractivity (Wildman–Crippen MR) is 66.4 cm³/mol. The van der Waals surface area contributed by atoms with Gasteiger partial charge in [-0.2, -0.15) is 0 Å². The second-order valence-electron chi connectivity index (χ2n) is 4.95. The highest BCUT2D eigenvalue weighted by atomic mass is 15.2. The SMILES string of the molecule is c1ccc(C2CCNCC3CCCN32)cc1. The Morgan fingerprint density at radius 1 is 1.12 bits per heavy atom. The summed E-state index contributed by atoms with van der Waals surface area (Å²) in [6.07, 6.45) is 3.99. The molecule has 0 aliphatic carbocycles. The molecule has 0 saturated carbocycles. The van der Waals surface area contributed by atoms with E-state index in [0.717, 1.165) is 12.6 Å².